The van der Waals surface area contributed by atoms with Crippen LogP contribution >= 0.6 is 0 Å². The summed E-state index contributed by atoms with van der Waals surface area (Å²) in [7, 11) is 0. The lowest BCUT2D eigenvalue weighted by Gasteiger charge is -2.31. The number of piperidine rings is 1. The first-order valence-electron chi connectivity index (χ1n) is 7.57. The number of carbonyl (C=O) groups is 1. The maximum atomic E-state index is 12.7. The third-order valence-corrected chi connectivity index (χ3v) is 4.17. The normalized spacial score (nSPS) is 18.5. The summed E-state index contributed by atoms with van der Waals surface area (Å²) in [6.45, 7) is 3.37. The fraction of sp³-hybridized carbons (Fsp3) is 0.438. The first kappa shape index (κ1) is 14.7. The molecular formula is C16H20N4O2. The molecule has 1 fully saturated rings. The van der Waals surface area contributed by atoms with E-state index in [1.54, 1.807) is 17.1 Å². The number of likely N-dealkylation sites (tertiary alicyclic amines) is 1. The molecule has 0 spiro atoms. The molecule has 3 rings (SSSR count). The third kappa shape index (κ3) is 2.74. The lowest BCUT2D eigenvalue weighted by molar-refractivity contribution is 0.0620. The second kappa shape index (κ2) is 6.27. The summed E-state index contributed by atoms with van der Waals surface area (Å²) < 4.78 is 1.68. The predicted octanol–water partition coefficient (Wildman–Crippen LogP) is 1.42. The summed E-state index contributed by atoms with van der Waals surface area (Å²) in [5, 5.41) is 13.6. The minimum atomic E-state index is -0.0159. The molecule has 116 valence electrons. The molecule has 1 N–H and O–H groups in total. The molecule has 6 heteroatoms. The lowest BCUT2D eigenvalue weighted by Crippen LogP contribution is -2.41. The third-order valence-electron chi connectivity index (χ3n) is 4.17. The molecule has 1 unspecified atom stereocenters. The Morgan fingerprint density at radius 2 is 2.32 bits per heavy atom. The molecule has 1 aliphatic rings. The van der Waals surface area contributed by atoms with Gasteiger partial charge in [0.05, 0.1) is 17.5 Å². The molecule has 1 amide bonds. The van der Waals surface area contributed by atoms with E-state index in [1.165, 1.54) is 0 Å². The lowest BCUT2D eigenvalue weighted by atomic mass is 9.98. The van der Waals surface area contributed by atoms with Crippen molar-refractivity contribution in [2.75, 3.05) is 19.7 Å². The van der Waals surface area contributed by atoms with Crippen molar-refractivity contribution >= 4 is 5.91 Å². The molecule has 0 saturated carbocycles. The van der Waals surface area contributed by atoms with Gasteiger partial charge >= 0.3 is 0 Å². The average molecular weight is 300 g/mol. The number of hydrogen-bond acceptors (Lipinski definition) is 4. The number of amides is 1. The molecular weight excluding hydrogens is 280 g/mol. The summed E-state index contributed by atoms with van der Waals surface area (Å²) in [6.07, 6.45) is 5.22. The van der Waals surface area contributed by atoms with Crippen LogP contribution in [0, 0.1) is 12.8 Å². The van der Waals surface area contributed by atoms with Crippen LogP contribution in [0.3, 0.4) is 0 Å². The minimum Gasteiger partial charge on any atom is -0.396 e. The number of nitrogens with zero attached hydrogens (tertiary/aromatic N) is 4. The summed E-state index contributed by atoms with van der Waals surface area (Å²) in [4.78, 5) is 18.8. The molecule has 1 aliphatic heterocycles. The summed E-state index contributed by atoms with van der Waals surface area (Å²) in [5.74, 6) is 0.868. The molecule has 1 atom stereocenters. The van der Waals surface area contributed by atoms with Crippen molar-refractivity contribution in [3.63, 3.8) is 0 Å². The van der Waals surface area contributed by atoms with E-state index >= 15 is 0 Å². The number of pyridine rings is 1. The Bertz CT molecular complexity index is 653. The molecule has 2 aromatic rings. The van der Waals surface area contributed by atoms with Crippen LogP contribution < -0.4 is 0 Å². The van der Waals surface area contributed by atoms with Crippen LogP contribution in [0.4, 0.5) is 0 Å². The van der Waals surface area contributed by atoms with E-state index in [1.807, 2.05) is 30.0 Å². The van der Waals surface area contributed by atoms with E-state index in [-0.39, 0.29) is 18.4 Å². The van der Waals surface area contributed by atoms with Crippen LogP contribution in [0.2, 0.25) is 0 Å². The quantitative estimate of drug-likeness (QED) is 0.930. The van der Waals surface area contributed by atoms with E-state index in [0.717, 1.165) is 25.1 Å². The fourth-order valence-electron chi connectivity index (χ4n) is 2.90. The number of aliphatic hydroxyl groups excluding tert-OH is 1. The van der Waals surface area contributed by atoms with Crippen molar-refractivity contribution in [1.29, 1.82) is 0 Å². The van der Waals surface area contributed by atoms with Crippen molar-refractivity contribution in [3.8, 4) is 5.82 Å². The molecule has 0 radical (unpaired) electrons. The molecule has 2 aromatic heterocycles. The molecule has 6 nitrogen and oxygen atoms in total. The molecule has 0 bridgehead atoms. The largest absolute Gasteiger partial charge is 0.396 e. The van der Waals surface area contributed by atoms with Gasteiger partial charge in [0.2, 0.25) is 0 Å². The van der Waals surface area contributed by atoms with Crippen molar-refractivity contribution in [2.45, 2.75) is 19.8 Å². The monoisotopic (exact) mass is 300 g/mol. The Kier molecular flexibility index (Phi) is 4.20. The maximum absolute atomic E-state index is 12.7. The van der Waals surface area contributed by atoms with E-state index < -0.39 is 0 Å². The van der Waals surface area contributed by atoms with Crippen molar-refractivity contribution in [3.05, 3.63) is 41.9 Å². The Hall–Kier alpha value is -2.21. The molecule has 22 heavy (non-hydrogen) atoms. The number of hydrogen-bond donors (Lipinski definition) is 1. The van der Waals surface area contributed by atoms with Crippen LogP contribution in [0.15, 0.2) is 30.6 Å². The van der Waals surface area contributed by atoms with Gasteiger partial charge in [-0.25, -0.2) is 9.67 Å². The zero-order valence-corrected chi connectivity index (χ0v) is 12.6. The highest BCUT2D eigenvalue weighted by molar-refractivity contribution is 5.95. The second-order valence-electron chi connectivity index (χ2n) is 5.69. The predicted molar refractivity (Wildman–Crippen MR) is 81.8 cm³/mol. The van der Waals surface area contributed by atoms with Crippen LogP contribution in [0.1, 0.15) is 28.9 Å². The van der Waals surface area contributed by atoms with Crippen LogP contribution in [0.5, 0.6) is 0 Å². The highest BCUT2D eigenvalue weighted by Crippen LogP contribution is 2.20. The van der Waals surface area contributed by atoms with E-state index in [2.05, 4.69) is 10.1 Å². The van der Waals surface area contributed by atoms with Crippen molar-refractivity contribution in [1.82, 2.24) is 19.7 Å². The summed E-state index contributed by atoms with van der Waals surface area (Å²) >= 11 is 0. The fourth-order valence-corrected chi connectivity index (χ4v) is 2.90. The van der Waals surface area contributed by atoms with Gasteiger partial charge in [0.25, 0.3) is 5.91 Å². The van der Waals surface area contributed by atoms with Gasteiger partial charge in [-0.15, -0.1) is 0 Å². The molecule has 0 aromatic carbocycles. The van der Waals surface area contributed by atoms with Gasteiger partial charge < -0.3 is 10.0 Å². The second-order valence-corrected chi connectivity index (χ2v) is 5.69. The Labute approximate surface area is 129 Å². The standard InChI is InChI=1S/C16H20N4O2/c1-12-14(9-18-20(12)15-6-2-3-7-17-15)16(22)19-8-4-5-13(10-19)11-21/h2-3,6-7,9,13,21H,4-5,8,10-11H2,1H3. The van der Waals surface area contributed by atoms with Gasteiger partial charge in [-0.2, -0.15) is 5.10 Å². The average Bonchev–Trinajstić information content (AvgIpc) is 2.96. The zero-order chi connectivity index (χ0) is 15.5. The topological polar surface area (TPSA) is 71.2 Å². The van der Waals surface area contributed by atoms with Gasteiger partial charge in [0.15, 0.2) is 5.82 Å². The Balaban J connectivity index is 1.83. The SMILES string of the molecule is Cc1c(C(=O)N2CCCC(CO)C2)cnn1-c1ccccn1. The molecule has 1 saturated heterocycles. The van der Waals surface area contributed by atoms with Crippen molar-refractivity contribution in [2.24, 2.45) is 5.92 Å². The highest BCUT2D eigenvalue weighted by atomic mass is 16.3. The summed E-state index contributed by atoms with van der Waals surface area (Å²) in [5.41, 5.74) is 1.39. The maximum Gasteiger partial charge on any atom is 0.257 e. The van der Waals surface area contributed by atoms with Gasteiger partial charge in [-0.3, -0.25) is 4.79 Å². The van der Waals surface area contributed by atoms with Gasteiger partial charge in [-0.05, 0) is 37.8 Å². The zero-order valence-electron chi connectivity index (χ0n) is 12.6. The minimum absolute atomic E-state index is 0.0159. The number of rotatable bonds is 3. The van der Waals surface area contributed by atoms with Crippen molar-refractivity contribution < 1.29 is 9.90 Å². The first-order chi connectivity index (χ1) is 10.7. The van der Waals surface area contributed by atoms with Gasteiger partial charge in [-0.1, -0.05) is 6.07 Å². The molecule has 3 heterocycles. The highest BCUT2D eigenvalue weighted by Gasteiger charge is 2.26. The number of carbonyl (C=O) groups excluding carboxylic acids is 1. The number of aromatic nitrogens is 3. The number of aliphatic hydroxyl groups is 1. The smallest absolute Gasteiger partial charge is 0.257 e. The van der Waals surface area contributed by atoms with Crippen LogP contribution in [0.25, 0.3) is 5.82 Å². The van der Waals surface area contributed by atoms with Crippen LogP contribution in [-0.4, -0.2) is 50.4 Å². The Morgan fingerprint density at radius 3 is 3.05 bits per heavy atom. The van der Waals surface area contributed by atoms with Gasteiger partial charge in [0, 0.05) is 25.9 Å². The summed E-state index contributed by atoms with van der Waals surface area (Å²) in [6, 6.07) is 5.59. The van der Waals surface area contributed by atoms with E-state index in [0.29, 0.717) is 17.9 Å². The molecule has 0 aliphatic carbocycles. The van der Waals surface area contributed by atoms with E-state index in [4.69, 9.17) is 0 Å². The Morgan fingerprint density at radius 1 is 1.45 bits per heavy atom. The van der Waals surface area contributed by atoms with E-state index in [9.17, 15) is 9.90 Å². The first-order valence-corrected chi connectivity index (χ1v) is 7.57. The van der Waals surface area contributed by atoms with Gasteiger partial charge in [0.1, 0.15) is 0 Å². The van der Waals surface area contributed by atoms with Crippen LogP contribution in [-0.2, 0) is 0 Å².